The molecule has 0 bridgehead atoms. The van der Waals surface area contributed by atoms with E-state index in [1.165, 1.54) is 76.2 Å². The maximum atomic E-state index is 8.93. The lowest BCUT2D eigenvalue weighted by Crippen LogP contribution is -2.13. The third-order valence-electron chi connectivity index (χ3n) is 6.83. The van der Waals surface area contributed by atoms with E-state index in [9.17, 15) is 0 Å². The van der Waals surface area contributed by atoms with Crippen molar-refractivity contribution < 1.29 is 0 Å². The van der Waals surface area contributed by atoms with Gasteiger partial charge in [0.05, 0.1) is 11.6 Å². The van der Waals surface area contributed by atoms with E-state index < -0.39 is 0 Å². The highest BCUT2D eigenvalue weighted by Crippen LogP contribution is 2.35. The molecule has 1 heteroatoms. The van der Waals surface area contributed by atoms with Crippen molar-refractivity contribution in [3.05, 3.63) is 47.5 Å². The van der Waals surface area contributed by atoms with Crippen LogP contribution in [-0.2, 0) is 0 Å². The van der Waals surface area contributed by atoms with Gasteiger partial charge in [0.25, 0.3) is 0 Å². The number of hydrogen-bond donors (Lipinski definition) is 0. The second-order valence-electron chi connectivity index (χ2n) is 8.85. The minimum Gasteiger partial charge on any atom is -0.192 e. The molecular formula is C27H35N. The lowest BCUT2D eigenvalue weighted by molar-refractivity contribution is 0.291. The van der Waals surface area contributed by atoms with Gasteiger partial charge in [0.1, 0.15) is 0 Å². The molecule has 2 aliphatic rings. The maximum absolute atomic E-state index is 8.93. The van der Waals surface area contributed by atoms with E-state index >= 15 is 0 Å². The molecule has 2 fully saturated rings. The number of unbranched alkanes of at least 4 members (excludes halogenated alkanes) is 1. The molecule has 0 unspecified atom stereocenters. The lowest BCUT2D eigenvalue weighted by Gasteiger charge is -2.26. The Morgan fingerprint density at radius 1 is 0.964 bits per heavy atom. The zero-order valence-corrected chi connectivity index (χ0v) is 17.5. The highest BCUT2D eigenvalue weighted by atomic mass is 14.3. The Hall–Kier alpha value is -1.99. The minimum atomic E-state index is 0.559. The summed E-state index contributed by atoms with van der Waals surface area (Å²) in [6, 6.07) is 10.4. The topological polar surface area (TPSA) is 23.8 Å². The number of rotatable bonds is 5. The molecule has 0 N–H and O–H groups in total. The van der Waals surface area contributed by atoms with Crippen molar-refractivity contribution in [1.82, 2.24) is 0 Å². The normalized spacial score (nSPS) is 27.7. The number of allylic oxidation sites excluding steroid dienone is 2. The van der Waals surface area contributed by atoms with Crippen LogP contribution in [0.5, 0.6) is 0 Å². The van der Waals surface area contributed by atoms with Crippen LogP contribution in [0, 0.1) is 40.9 Å². The van der Waals surface area contributed by atoms with Gasteiger partial charge in [-0.3, -0.25) is 0 Å². The summed E-state index contributed by atoms with van der Waals surface area (Å²) in [4.78, 5) is 0. The van der Waals surface area contributed by atoms with Crippen LogP contribution in [0.1, 0.15) is 94.6 Å². The van der Waals surface area contributed by atoms with Crippen molar-refractivity contribution in [2.24, 2.45) is 17.8 Å². The average Bonchev–Trinajstić information content (AvgIpc) is 2.76. The van der Waals surface area contributed by atoms with Crippen molar-refractivity contribution in [2.45, 2.75) is 83.5 Å². The summed E-state index contributed by atoms with van der Waals surface area (Å²) in [6.07, 6.45) is 19.1. The first kappa shape index (κ1) is 20.7. The molecule has 0 spiro atoms. The zero-order chi connectivity index (χ0) is 19.6. The number of nitrogens with zero attached hydrogens (tertiary/aromatic N) is 1. The van der Waals surface area contributed by atoms with Crippen molar-refractivity contribution >= 4 is 0 Å². The van der Waals surface area contributed by atoms with E-state index in [1.54, 1.807) is 0 Å². The summed E-state index contributed by atoms with van der Waals surface area (Å²) in [6.45, 7) is 2.30. The molecule has 2 saturated carbocycles. The molecule has 1 nitrogen and oxygen atoms in total. The molecular weight excluding hydrogens is 338 g/mol. The molecule has 0 aliphatic heterocycles. The fourth-order valence-corrected chi connectivity index (χ4v) is 4.91. The Bertz CT molecular complexity index is 708. The van der Waals surface area contributed by atoms with Gasteiger partial charge in [0.15, 0.2) is 0 Å². The Morgan fingerprint density at radius 3 is 2.32 bits per heavy atom. The minimum absolute atomic E-state index is 0.559. The molecule has 0 atom stereocenters. The van der Waals surface area contributed by atoms with E-state index in [-0.39, 0.29) is 0 Å². The molecule has 2 aliphatic carbocycles. The van der Waals surface area contributed by atoms with Gasteiger partial charge < -0.3 is 0 Å². The first-order valence-electron chi connectivity index (χ1n) is 11.5. The van der Waals surface area contributed by atoms with Gasteiger partial charge in [-0.2, -0.15) is 5.26 Å². The molecule has 28 heavy (non-hydrogen) atoms. The second kappa shape index (κ2) is 11.1. The second-order valence-corrected chi connectivity index (χ2v) is 8.85. The van der Waals surface area contributed by atoms with Crippen molar-refractivity contribution in [1.29, 1.82) is 5.26 Å². The summed E-state index contributed by atoms with van der Waals surface area (Å²) in [7, 11) is 0. The number of benzene rings is 1. The van der Waals surface area contributed by atoms with Gasteiger partial charge in [0.2, 0.25) is 0 Å². The highest BCUT2D eigenvalue weighted by molar-refractivity contribution is 5.33. The van der Waals surface area contributed by atoms with Crippen molar-refractivity contribution in [3.63, 3.8) is 0 Å². The average molecular weight is 374 g/mol. The van der Waals surface area contributed by atoms with Crippen LogP contribution in [0.15, 0.2) is 36.4 Å². The van der Waals surface area contributed by atoms with Crippen LogP contribution in [-0.4, -0.2) is 0 Å². The molecule has 0 saturated heterocycles. The van der Waals surface area contributed by atoms with Gasteiger partial charge in [0, 0.05) is 5.92 Å². The Labute approximate surface area is 172 Å². The van der Waals surface area contributed by atoms with Crippen LogP contribution in [0.4, 0.5) is 0 Å². The molecule has 0 aromatic heterocycles. The number of hydrogen-bond acceptors (Lipinski definition) is 1. The molecule has 0 amide bonds. The third kappa shape index (κ3) is 6.27. The van der Waals surface area contributed by atoms with E-state index in [2.05, 4.69) is 49.1 Å². The van der Waals surface area contributed by atoms with Crippen LogP contribution in [0.25, 0.3) is 0 Å². The van der Waals surface area contributed by atoms with Crippen LogP contribution < -0.4 is 0 Å². The molecule has 148 valence electrons. The van der Waals surface area contributed by atoms with Gasteiger partial charge in [-0.1, -0.05) is 56.2 Å². The van der Waals surface area contributed by atoms with Crippen LogP contribution in [0.2, 0.25) is 0 Å². The first-order valence-corrected chi connectivity index (χ1v) is 11.5. The van der Waals surface area contributed by atoms with Crippen molar-refractivity contribution in [3.8, 4) is 17.9 Å². The van der Waals surface area contributed by atoms with Crippen LogP contribution >= 0.6 is 0 Å². The van der Waals surface area contributed by atoms with Gasteiger partial charge in [-0.05, 0) is 92.9 Å². The fourth-order valence-electron chi connectivity index (χ4n) is 4.91. The fraction of sp³-hybridized carbons (Fsp3) is 0.593. The predicted octanol–water partition coefficient (Wildman–Crippen LogP) is 7.39. The molecule has 1 aromatic rings. The van der Waals surface area contributed by atoms with E-state index in [4.69, 9.17) is 5.26 Å². The summed E-state index contributed by atoms with van der Waals surface area (Å²) in [5.41, 5.74) is 2.14. The first-order chi connectivity index (χ1) is 13.8. The predicted molar refractivity (Wildman–Crippen MR) is 118 cm³/mol. The zero-order valence-electron chi connectivity index (χ0n) is 17.5. The smallest absolute Gasteiger partial charge is 0.0991 e. The summed E-state index contributed by atoms with van der Waals surface area (Å²) >= 11 is 0. The Kier molecular flexibility index (Phi) is 8.23. The quantitative estimate of drug-likeness (QED) is 0.494. The SMILES string of the molecule is CCCCC1CCC(/C=C/C#CC2CCC(c3ccc(C#N)cc3)CC2)CC1. The van der Waals surface area contributed by atoms with Gasteiger partial charge in [-0.25, -0.2) is 0 Å². The molecule has 3 rings (SSSR count). The van der Waals surface area contributed by atoms with E-state index in [1.807, 2.05) is 12.1 Å². The third-order valence-corrected chi connectivity index (χ3v) is 6.83. The highest BCUT2D eigenvalue weighted by Gasteiger charge is 2.21. The van der Waals surface area contributed by atoms with E-state index in [0.717, 1.165) is 17.4 Å². The van der Waals surface area contributed by atoms with E-state index in [0.29, 0.717) is 11.8 Å². The van der Waals surface area contributed by atoms with Gasteiger partial charge in [-0.15, -0.1) is 0 Å². The van der Waals surface area contributed by atoms with Crippen LogP contribution in [0.3, 0.4) is 0 Å². The summed E-state index contributed by atoms with van der Waals surface area (Å²) in [5.74, 6) is 9.81. The monoisotopic (exact) mass is 373 g/mol. The lowest BCUT2D eigenvalue weighted by atomic mass is 9.79. The number of nitriles is 1. The molecule has 0 heterocycles. The Morgan fingerprint density at radius 2 is 1.68 bits per heavy atom. The molecule has 1 aromatic carbocycles. The summed E-state index contributed by atoms with van der Waals surface area (Å²) in [5, 5.41) is 8.93. The molecule has 0 radical (unpaired) electrons. The maximum Gasteiger partial charge on any atom is 0.0991 e. The standard InChI is InChI=1S/C27H35N/c1-2-3-6-22-9-11-23(12-10-22)7-4-5-8-24-13-17-26(18-14-24)27-19-15-25(21-28)16-20-27/h4,7,15-16,19-20,22-24,26H,2-3,6,9-14,17-18H2,1H3/b7-4+. The largest absolute Gasteiger partial charge is 0.192 e. The Balaban J connectivity index is 1.38. The van der Waals surface area contributed by atoms with Crippen molar-refractivity contribution in [2.75, 3.05) is 0 Å². The van der Waals surface area contributed by atoms with Gasteiger partial charge >= 0.3 is 0 Å². The summed E-state index contributed by atoms with van der Waals surface area (Å²) < 4.78 is 0.